The second-order valence-electron chi connectivity index (χ2n) is 4.84. The minimum atomic E-state index is -0.487. The van der Waals surface area contributed by atoms with Crippen molar-refractivity contribution in [3.63, 3.8) is 0 Å². The maximum Gasteiger partial charge on any atom is 0.125 e. The Morgan fingerprint density at radius 2 is 2.28 bits per heavy atom. The highest BCUT2D eigenvalue weighted by atomic mass is 16.5. The third-order valence-corrected chi connectivity index (χ3v) is 3.32. The first kappa shape index (κ1) is 13.4. The molecule has 0 saturated carbocycles. The predicted molar refractivity (Wildman–Crippen MR) is 70.8 cm³/mol. The molecule has 3 heteroatoms. The normalized spacial score (nSPS) is 20.9. The van der Waals surface area contributed by atoms with Gasteiger partial charge in [0.25, 0.3) is 0 Å². The number of hydrogen-bond acceptors (Lipinski definition) is 3. The highest BCUT2D eigenvalue weighted by Gasteiger charge is 2.15. The highest BCUT2D eigenvalue weighted by molar-refractivity contribution is 5.34. The molecule has 1 aliphatic rings. The predicted octanol–water partition coefficient (Wildman–Crippen LogP) is 3.08. The first-order chi connectivity index (χ1) is 8.77. The Morgan fingerprint density at radius 3 is 3.00 bits per heavy atom. The number of aliphatic hydroxyl groups excluding tert-OH is 1. The molecule has 0 amide bonds. The third-order valence-electron chi connectivity index (χ3n) is 3.32. The molecule has 2 rings (SSSR count). The first-order valence-electron chi connectivity index (χ1n) is 6.79. The molecular weight excluding hydrogens is 228 g/mol. The summed E-state index contributed by atoms with van der Waals surface area (Å²) in [5.74, 6) is 0.792. The minimum absolute atomic E-state index is 0.431. The molecule has 1 aliphatic heterocycles. The van der Waals surface area contributed by atoms with E-state index in [0.29, 0.717) is 12.7 Å². The van der Waals surface area contributed by atoms with Crippen molar-refractivity contribution >= 4 is 0 Å². The maximum absolute atomic E-state index is 9.63. The van der Waals surface area contributed by atoms with Crippen molar-refractivity contribution < 1.29 is 14.6 Å². The summed E-state index contributed by atoms with van der Waals surface area (Å²) in [7, 11) is 0. The van der Waals surface area contributed by atoms with Gasteiger partial charge in [-0.15, -0.1) is 0 Å². The van der Waals surface area contributed by atoms with E-state index in [2.05, 4.69) is 0 Å². The topological polar surface area (TPSA) is 38.7 Å². The lowest BCUT2D eigenvalue weighted by molar-refractivity contribution is 0.0978. The van der Waals surface area contributed by atoms with Gasteiger partial charge in [0.05, 0.1) is 18.8 Å². The van der Waals surface area contributed by atoms with Gasteiger partial charge in [-0.3, -0.25) is 0 Å². The van der Waals surface area contributed by atoms with Crippen LogP contribution in [0.15, 0.2) is 24.3 Å². The van der Waals surface area contributed by atoms with Crippen LogP contribution in [0.1, 0.15) is 44.3 Å². The van der Waals surface area contributed by atoms with Crippen molar-refractivity contribution in [2.45, 2.75) is 44.8 Å². The van der Waals surface area contributed by atoms with E-state index in [0.717, 1.165) is 30.8 Å². The summed E-state index contributed by atoms with van der Waals surface area (Å²) in [6.07, 6.45) is 4.39. The zero-order valence-corrected chi connectivity index (χ0v) is 11.0. The number of ether oxygens (including phenoxy) is 2. The van der Waals surface area contributed by atoms with E-state index in [1.54, 1.807) is 6.92 Å². The van der Waals surface area contributed by atoms with E-state index >= 15 is 0 Å². The average Bonchev–Trinajstić information content (AvgIpc) is 2.88. The van der Waals surface area contributed by atoms with E-state index in [9.17, 15) is 5.11 Å². The zero-order chi connectivity index (χ0) is 12.8. The molecule has 1 aromatic carbocycles. The van der Waals surface area contributed by atoms with Crippen molar-refractivity contribution in [2.75, 3.05) is 13.2 Å². The molecule has 0 aromatic heterocycles. The van der Waals surface area contributed by atoms with E-state index in [1.165, 1.54) is 12.8 Å². The molecule has 100 valence electrons. The minimum Gasteiger partial charge on any atom is -0.493 e. The number of hydrogen-bond donors (Lipinski definition) is 1. The average molecular weight is 250 g/mol. The van der Waals surface area contributed by atoms with Gasteiger partial charge in [0.2, 0.25) is 0 Å². The van der Waals surface area contributed by atoms with Crippen LogP contribution < -0.4 is 4.74 Å². The molecule has 1 unspecified atom stereocenters. The Bertz CT molecular complexity index is 357. The van der Waals surface area contributed by atoms with E-state index in [-0.39, 0.29) is 0 Å². The molecule has 0 aliphatic carbocycles. The van der Waals surface area contributed by atoms with Gasteiger partial charge in [-0.05, 0) is 38.7 Å². The molecule has 1 heterocycles. The number of para-hydroxylation sites is 1. The van der Waals surface area contributed by atoms with Crippen molar-refractivity contribution in [3.8, 4) is 5.75 Å². The number of aliphatic hydroxyl groups is 1. The smallest absolute Gasteiger partial charge is 0.125 e. The first-order valence-corrected chi connectivity index (χ1v) is 6.79. The summed E-state index contributed by atoms with van der Waals surface area (Å²) in [6, 6.07) is 7.66. The Kier molecular flexibility index (Phi) is 5.02. The van der Waals surface area contributed by atoms with Gasteiger partial charge in [-0.2, -0.15) is 0 Å². The molecule has 18 heavy (non-hydrogen) atoms. The van der Waals surface area contributed by atoms with Gasteiger partial charge < -0.3 is 14.6 Å². The summed E-state index contributed by atoms with van der Waals surface area (Å²) < 4.78 is 11.3. The summed E-state index contributed by atoms with van der Waals surface area (Å²) in [6.45, 7) is 3.36. The monoisotopic (exact) mass is 250 g/mol. The van der Waals surface area contributed by atoms with Crippen LogP contribution in [0.2, 0.25) is 0 Å². The quantitative estimate of drug-likeness (QED) is 0.789. The molecule has 2 atom stereocenters. The molecule has 0 bridgehead atoms. The van der Waals surface area contributed by atoms with Crippen molar-refractivity contribution in [2.24, 2.45) is 0 Å². The van der Waals surface area contributed by atoms with E-state index in [1.807, 2.05) is 24.3 Å². The lowest BCUT2D eigenvalue weighted by Crippen LogP contribution is -2.08. The van der Waals surface area contributed by atoms with Gasteiger partial charge in [0.1, 0.15) is 5.75 Å². The summed E-state index contributed by atoms with van der Waals surface area (Å²) in [5.41, 5.74) is 0.856. The highest BCUT2D eigenvalue weighted by Crippen LogP contribution is 2.25. The van der Waals surface area contributed by atoms with Gasteiger partial charge >= 0.3 is 0 Å². The second-order valence-corrected chi connectivity index (χ2v) is 4.84. The zero-order valence-electron chi connectivity index (χ0n) is 11.0. The van der Waals surface area contributed by atoms with Crippen molar-refractivity contribution in [1.82, 2.24) is 0 Å². The summed E-state index contributed by atoms with van der Waals surface area (Å²) in [4.78, 5) is 0. The third kappa shape index (κ3) is 3.72. The SMILES string of the molecule is C[C@@H](O)c1ccccc1OCCCC1CCCO1. The summed E-state index contributed by atoms with van der Waals surface area (Å²) in [5, 5.41) is 9.63. The molecule has 0 radical (unpaired) electrons. The van der Waals surface area contributed by atoms with Crippen LogP contribution in [0.25, 0.3) is 0 Å². The van der Waals surface area contributed by atoms with Crippen LogP contribution in [0.3, 0.4) is 0 Å². The lowest BCUT2D eigenvalue weighted by atomic mass is 10.1. The van der Waals surface area contributed by atoms with Crippen LogP contribution in [-0.2, 0) is 4.74 Å². The van der Waals surface area contributed by atoms with Crippen molar-refractivity contribution in [3.05, 3.63) is 29.8 Å². The maximum atomic E-state index is 9.63. The van der Waals surface area contributed by atoms with Crippen LogP contribution in [0, 0.1) is 0 Å². The Morgan fingerprint density at radius 1 is 1.44 bits per heavy atom. The fourth-order valence-electron chi connectivity index (χ4n) is 2.32. The molecule has 1 aromatic rings. The molecule has 3 nitrogen and oxygen atoms in total. The van der Waals surface area contributed by atoms with E-state index < -0.39 is 6.10 Å². The standard InChI is InChI=1S/C15H22O3/c1-12(16)14-8-2-3-9-15(14)18-11-5-7-13-6-4-10-17-13/h2-3,8-9,12-13,16H,4-7,10-11H2,1H3/t12-,13?/m1/s1. The molecule has 1 fully saturated rings. The fraction of sp³-hybridized carbons (Fsp3) is 0.600. The second kappa shape index (κ2) is 6.76. The van der Waals surface area contributed by atoms with Crippen LogP contribution in [-0.4, -0.2) is 24.4 Å². The van der Waals surface area contributed by atoms with Gasteiger partial charge in [-0.1, -0.05) is 18.2 Å². The lowest BCUT2D eigenvalue weighted by Gasteiger charge is -2.14. The molecule has 1 N–H and O–H groups in total. The van der Waals surface area contributed by atoms with Gasteiger partial charge in [0.15, 0.2) is 0 Å². The van der Waals surface area contributed by atoms with Crippen molar-refractivity contribution in [1.29, 1.82) is 0 Å². The Labute approximate surface area is 109 Å². The van der Waals surface area contributed by atoms with Crippen LogP contribution >= 0.6 is 0 Å². The van der Waals surface area contributed by atoms with Gasteiger partial charge in [-0.25, -0.2) is 0 Å². The van der Waals surface area contributed by atoms with Crippen LogP contribution in [0.4, 0.5) is 0 Å². The Balaban J connectivity index is 1.75. The van der Waals surface area contributed by atoms with Crippen LogP contribution in [0.5, 0.6) is 5.75 Å². The number of rotatable bonds is 6. The molecule has 0 spiro atoms. The number of benzene rings is 1. The summed E-state index contributed by atoms with van der Waals surface area (Å²) >= 11 is 0. The largest absolute Gasteiger partial charge is 0.493 e. The Hall–Kier alpha value is -1.06. The molecular formula is C15H22O3. The van der Waals surface area contributed by atoms with E-state index in [4.69, 9.17) is 9.47 Å². The fourth-order valence-corrected chi connectivity index (χ4v) is 2.32. The van der Waals surface area contributed by atoms with Gasteiger partial charge in [0, 0.05) is 12.2 Å². The molecule has 1 saturated heterocycles.